The van der Waals surface area contributed by atoms with E-state index < -0.39 is 21.8 Å². The minimum Gasteiger partial charge on any atom is -0.478 e. The van der Waals surface area contributed by atoms with E-state index in [0.29, 0.717) is 5.69 Å². The van der Waals surface area contributed by atoms with Crippen molar-refractivity contribution in [2.24, 2.45) is 0 Å². The number of amides is 2. The first-order chi connectivity index (χ1) is 9.28. The number of aromatic nitrogens is 1. The highest BCUT2D eigenvalue weighted by Crippen LogP contribution is 2.01. The fourth-order valence-electron chi connectivity index (χ4n) is 1.29. The number of hydrogen-bond acceptors (Lipinski definition) is 5. The van der Waals surface area contributed by atoms with Crippen molar-refractivity contribution in [1.29, 1.82) is 0 Å². The molecule has 0 spiro atoms. The molecule has 20 heavy (non-hydrogen) atoms. The molecule has 0 bridgehead atoms. The SMILES string of the molecule is CS(=O)(=O)CCNC(=O)NCc1cc(C(=O)O)ccn1. The topological polar surface area (TPSA) is 125 Å². The number of nitrogens with zero attached hydrogens (tertiary/aromatic N) is 1. The number of carbonyl (C=O) groups is 2. The van der Waals surface area contributed by atoms with Gasteiger partial charge >= 0.3 is 12.0 Å². The molecule has 0 aliphatic carbocycles. The molecule has 1 aromatic rings. The molecule has 0 radical (unpaired) electrons. The van der Waals surface area contributed by atoms with Crippen LogP contribution in [0, 0.1) is 0 Å². The number of hydrogen-bond donors (Lipinski definition) is 3. The third-order valence-corrected chi connectivity index (χ3v) is 3.20. The molecule has 110 valence electrons. The number of rotatable bonds is 6. The largest absolute Gasteiger partial charge is 0.478 e. The van der Waals surface area contributed by atoms with Crippen molar-refractivity contribution in [2.75, 3.05) is 18.6 Å². The molecule has 0 unspecified atom stereocenters. The summed E-state index contributed by atoms with van der Waals surface area (Å²) >= 11 is 0. The van der Waals surface area contributed by atoms with Gasteiger partial charge in [-0.2, -0.15) is 0 Å². The number of sulfone groups is 1. The van der Waals surface area contributed by atoms with Crippen molar-refractivity contribution >= 4 is 21.8 Å². The summed E-state index contributed by atoms with van der Waals surface area (Å²) in [5.74, 6) is -1.22. The normalized spacial score (nSPS) is 10.8. The maximum atomic E-state index is 11.4. The number of carbonyl (C=O) groups excluding carboxylic acids is 1. The van der Waals surface area contributed by atoms with Gasteiger partial charge in [0.05, 0.1) is 23.6 Å². The molecular formula is C11H15N3O5S. The van der Waals surface area contributed by atoms with Crippen LogP contribution in [0.3, 0.4) is 0 Å². The number of urea groups is 1. The van der Waals surface area contributed by atoms with E-state index in [-0.39, 0.29) is 24.4 Å². The molecular weight excluding hydrogens is 286 g/mol. The van der Waals surface area contributed by atoms with Crippen LogP contribution in [0.25, 0.3) is 0 Å². The predicted octanol–water partition coefficient (Wildman–Crippen LogP) is -0.376. The Labute approximate surface area is 116 Å². The zero-order chi connectivity index (χ0) is 15.2. The zero-order valence-corrected chi connectivity index (χ0v) is 11.6. The van der Waals surface area contributed by atoms with E-state index >= 15 is 0 Å². The standard InChI is InChI=1S/C11H15N3O5S/c1-20(18,19)5-4-13-11(17)14-7-9-6-8(10(15)16)2-3-12-9/h2-3,6H,4-5,7H2,1H3,(H,15,16)(H2,13,14,17). The molecule has 1 heterocycles. The van der Waals surface area contributed by atoms with Crippen molar-refractivity contribution in [3.8, 4) is 0 Å². The first-order valence-corrected chi connectivity index (χ1v) is 7.71. The van der Waals surface area contributed by atoms with Gasteiger partial charge in [-0.1, -0.05) is 0 Å². The molecule has 0 saturated carbocycles. The first-order valence-electron chi connectivity index (χ1n) is 5.65. The molecule has 1 aromatic heterocycles. The fraction of sp³-hybridized carbons (Fsp3) is 0.364. The van der Waals surface area contributed by atoms with Crippen LogP contribution in [0.2, 0.25) is 0 Å². The Morgan fingerprint density at radius 1 is 1.35 bits per heavy atom. The zero-order valence-electron chi connectivity index (χ0n) is 10.8. The van der Waals surface area contributed by atoms with Crippen LogP contribution in [-0.4, -0.2) is 49.1 Å². The summed E-state index contributed by atoms with van der Waals surface area (Å²) in [5, 5.41) is 13.6. The summed E-state index contributed by atoms with van der Waals surface area (Å²) < 4.78 is 21.7. The monoisotopic (exact) mass is 301 g/mol. The Morgan fingerprint density at radius 2 is 2.05 bits per heavy atom. The van der Waals surface area contributed by atoms with Crippen molar-refractivity contribution < 1.29 is 23.1 Å². The van der Waals surface area contributed by atoms with Crippen LogP contribution < -0.4 is 10.6 Å². The van der Waals surface area contributed by atoms with Crippen LogP contribution in [0.4, 0.5) is 4.79 Å². The molecule has 2 amide bonds. The van der Waals surface area contributed by atoms with Crippen LogP contribution in [0.15, 0.2) is 18.3 Å². The fourth-order valence-corrected chi connectivity index (χ4v) is 1.76. The number of nitrogens with one attached hydrogen (secondary N) is 2. The number of pyridine rings is 1. The molecule has 1 rings (SSSR count). The van der Waals surface area contributed by atoms with E-state index in [9.17, 15) is 18.0 Å². The second kappa shape index (κ2) is 6.85. The van der Waals surface area contributed by atoms with Gasteiger partial charge in [-0.15, -0.1) is 0 Å². The molecule has 0 saturated heterocycles. The summed E-state index contributed by atoms with van der Waals surface area (Å²) in [7, 11) is -3.12. The Morgan fingerprint density at radius 3 is 2.65 bits per heavy atom. The summed E-state index contributed by atoms with van der Waals surface area (Å²) in [6.07, 6.45) is 2.41. The molecule has 3 N–H and O–H groups in total. The summed E-state index contributed by atoms with van der Waals surface area (Å²) in [6, 6.07) is 2.15. The van der Waals surface area contributed by atoms with Gasteiger partial charge in [0.25, 0.3) is 0 Å². The predicted molar refractivity (Wildman–Crippen MR) is 71.1 cm³/mol. The van der Waals surface area contributed by atoms with E-state index in [1.54, 1.807) is 0 Å². The number of carboxylic acid groups (broad SMARTS) is 1. The van der Waals surface area contributed by atoms with Crippen LogP contribution in [-0.2, 0) is 16.4 Å². The minimum atomic E-state index is -3.12. The van der Waals surface area contributed by atoms with Gasteiger partial charge in [0.1, 0.15) is 9.84 Å². The Hall–Kier alpha value is -2.16. The highest BCUT2D eigenvalue weighted by molar-refractivity contribution is 7.90. The van der Waals surface area contributed by atoms with E-state index in [1.807, 2.05) is 0 Å². The lowest BCUT2D eigenvalue weighted by molar-refractivity contribution is 0.0696. The molecule has 0 fully saturated rings. The van der Waals surface area contributed by atoms with Gasteiger partial charge in [0, 0.05) is 19.0 Å². The second-order valence-corrected chi connectivity index (χ2v) is 6.34. The van der Waals surface area contributed by atoms with Crippen LogP contribution in [0.1, 0.15) is 16.1 Å². The van der Waals surface area contributed by atoms with Crippen LogP contribution >= 0.6 is 0 Å². The van der Waals surface area contributed by atoms with Crippen molar-refractivity contribution in [3.63, 3.8) is 0 Å². The summed E-state index contributed by atoms with van der Waals surface area (Å²) in [6.45, 7) is 0.0547. The number of carboxylic acids is 1. The lowest BCUT2D eigenvalue weighted by Gasteiger charge is -2.07. The Kier molecular flexibility index (Phi) is 5.44. The highest BCUT2D eigenvalue weighted by atomic mass is 32.2. The van der Waals surface area contributed by atoms with E-state index in [0.717, 1.165) is 6.26 Å². The quantitative estimate of drug-likeness (QED) is 0.658. The lowest BCUT2D eigenvalue weighted by Crippen LogP contribution is -2.37. The van der Waals surface area contributed by atoms with Gasteiger partial charge in [-0.25, -0.2) is 18.0 Å². The van der Waals surface area contributed by atoms with Gasteiger partial charge in [0.15, 0.2) is 0 Å². The number of aromatic carboxylic acids is 1. The van der Waals surface area contributed by atoms with E-state index in [1.165, 1.54) is 18.3 Å². The maximum absolute atomic E-state index is 11.4. The molecule has 8 nitrogen and oxygen atoms in total. The Balaban J connectivity index is 2.41. The third kappa shape index (κ3) is 6.14. The van der Waals surface area contributed by atoms with Gasteiger partial charge in [-0.05, 0) is 12.1 Å². The molecule has 9 heteroatoms. The molecule has 0 aliphatic heterocycles. The summed E-state index contributed by atoms with van der Waals surface area (Å²) in [4.78, 5) is 26.0. The van der Waals surface area contributed by atoms with E-state index in [2.05, 4.69) is 15.6 Å². The van der Waals surface area contributed by atoms with Crippen molar-refractivity contribution in [3.05, 3.63) is 29.6 Å². The van der Waals surface area contributed by atoms with Crippen LogP contribution in [0.5, 0.6) is 0 Å². The average Bonchev–Trinajstić information content (AvgIpc) is 2.35. The average molecular weight is 301 g/mol. The molecule has 0 atom stereocenters. The lowest BCUT2D eigenvalue weighted by atomic mass is 10.2. The highest BCUT2D eigenvalue weighted by Gasteiger charge is 2.07. The second-order valence-electron chi connectivity index (χ2n) is 4.08. The maximum Gasteiger partial charge on any atom is 0.335 e. The smallest absolute Gasteiger partial charge is 0.335 e. The van der Waals surface area contributed by atoms with Gasteiger partial charge in [-0.3, -0.25) is 4.98 Å². The summed E-state index contributed by atoms with van der Waals surface area (Å²) in [5.41, 5.74) is 0.470. The van der Waals surface area contributed by atoms with Crippen molar-refractivity contribution in [1.82, 2.24) is 15.6 Å². The third-order valence-electron chi connectivity index (χ3n) is 2.25. The Bertz CT molecular complexity index is 600. The molecule has 0 aromatic carbocycles. The molecule has 0 aliphatic rings. The van der Waals surface area contributed by atoms with Gasteiger partial charge in [0.2, 0.25) is 0 Å². The van der Waals surface area contributed by atoms with Crippen molar-refractivity contribution in [2.45, 2.75) is 6.54 Å². The first kappa shape index (κ1) is 15.9. The minimum absolute atomic E-state index is 0.00720. The van der Waals surface area contributed by atoms with E-state index in [4.69, 9.17) is 5.11 Å². The van der Waals surface area contributed by atoms with Gasteiger partial charge < -0.3 is 15.7 Å².